The van der Waals surface area contributed by atoms with Crippen molar-refractivity contribution in [3.05, 3.63) is 47.7 Å². The third-order valence-corrected chi connectivity index (χ3v) is 6.86. The number of rotatable bonds is 12. The fraction of sp³-hybridized carbons (Fsp3) is 0.154. The maximum Gasteiger partial charge on any atom is 0.0804 e. The zero-order valence-corrected chi connectivity index (χ0v) is 21.1. The van der Waals surface area contributed by atoms with Crippen LogP contribution in [0.3, 0.4) is 0 Å². The number of hydrogen-bond donors (Lipinski definition) is 0. The Morgan fingerprint density at radius 2 is 1.19 bits per heavy atom. The minimum absolute atomic E-state index is 0.568. The highest BCUT2D eigenvalue weighted by Crippen LogP contribution is 2.20. The maximum atomic E-state index is 6.27. The number of benzene rings is 1. The largest absolute Gasteiger partial charge is 0.256 e. The molecule has 0 unspecified atom stereocenters. The molecule has 0 aliphatic carbocycles. The van der Waals surface area contributed by atoms with Crippen molar-refractivity contribution in [1.29, 1.82) is 0 Å². The molecule has 2 rings (SSSR count). The van der Waals surface area contributed by atoms with Crippen LogP contribution < -0.4 is 5.46 Å². The molecule has 1 heterocycles. The summed E-state index contributed by atoms with van der Waals surface area (Å²) in [5, 5.41) is 0. The first-order valence-electron chi connectivity index (χ1n) is 12.0. The Bertz CT molecular complexity index is 953. The van der Waals surface area contributed by atoms with Gasteiger partial charge in [0, 0.05) is 156 Å². The van der Waals surface area contributed by atoms with Gasteiger partial charge in [0.15, 0.2) is 0 Å². The maximum absolute atomic E-state index is 6.27. The molecule has 0 N–H and O–H groups in total. The minimum Gasteiger partial charge on any atom is -0.256 e. The fourth-order valence-corrected chi connectivity index (χ4v) is 5.30. The van der Waals surface area contributed by atoms with Crippen LogP contribution in [0.25, 0.3) is 11.3 Å². The lowest BCUT2D eigenvalue weighted by atomic mass is 8.39. The van der Waals surface area contributed by atoms with Crippen molar-refractivity contribution in [1.82, 2.24) is 4.98 Å². The normalized spacial score (nSPS) is 10.1. The monoisotopic (exact) mass is 424 g/mol. The standard InChI is InChI=1S/C13H12B22N/c1-9-3-4-36-13(7-9)11-5-10(2)6-12(8-11)26(33(28(17)18)29(19)20)34(32(25-14)27(15)16)35(30(21)22)31(23)24/h3-8H,1-2H3. The zero-order chi connectivity index (χ0) is 27.3. The molecule has 1 aromatic carbocycles. The van der Waals surface area contributed by atoms with Gasteiger partial charge in [-0.1, -0.05) is 23.2 Å². The highest BCUT2D eigenvalue weighted by Gasteiger charge is 2.48. The highest BCUT2D eigenvalue weighted by molar-refractivity contribution is 8.18. The number of pyridine rings is 1. The Hall–Kier alpha value is -0.201. The molecule has 0 spiro atoms. The van der Waals surface area contributed by atoms with Crippen molar-refractivity contribution in [2.45, 2.75) is 13.8 Å². The quantitative estimate of drug-likeness (QED) is 0.312. The summed E-state index contributed by atoms with van der Waals surface area (Å²) in [6, 6.07) is 9.92. The number of hydrogen-bond acceptors (Lipinski definition) is 1. The molecular weight excluding hydrogens is 408 g/mol. The third-order valence-electron chi connectivity index (χ3n) is 6.86. The van der Waals surface area contributed by atoms with Gasteiger partial charge in [-0.25, -0.2) is 0 Å². The lowest BCUT2D eigenvalue weighted by Gasteiger charge is -2.45. The van der Waals surface area contributed by atoms with Crippen LogP contribution in [-0.2, 0) is 0 Å². The Balaban J connectivity index is 2.91. The van der Waals surface area contributed by atoms with Gasteiger partial charge in [0.05, 0.1) is 12.2 Å². The van der Waals surface area contributed by atoms with Crippen LogP contribution in [0.5, 0.6) is 0 Å². The number of aromatic nitrogens is 1. The second-order valence-corrected chi connectivity index (χ2v) is 9.77. The average molecular weight is 420 g/mol. The van der Waals surface area contributed by atoms with Crippen LogP contribution in [0.2, 0.25) is 0 Å². The van der Waals surface area contributed by atoms with Gasteiger partial charge >= 0.3 is 0 Å². The third kappa shape index (κ3) is 7.91. The molecule has 23 heteroatoms. The van der Waals surface area contributed by atoms with Gasteiger partial charge in [0.25, 0.3) is 0 Å². The summed E-state index contributed by atoms with van der Waals surface area (Å²) >= 11 is 0. The summed E-state index contributed by atoms with van der Waals surface area (Å²) in [5.74, 6) is 0. The molecular formula is C13H12B22N. The average Bonchev–Trinajstić information content (AvgIpc) is 2.75. The van der Waals surface area contributed by atoms with Crippen LogP contribution in [0.1, 0.15) is 11.1 Å². The summed E-state index contributed by atoms with van der Waals surface area (Å²) < 4.78 is 0. The topological polar surface area (TPSA) is 12.9 Å². The van der Waals surface area contributed by atoms with Crippen LogP contribution in [0, 0.1) is 13.8 Å². The van der Waals surface area contributed by atoms with E-state index in [1.807, 2.05) is 44.2 Å². The van der Waals surface area contributed by atoms with Gasteiger partial charge in [0.2, 0.25) is 0 Å². The molecule has 0 saturated carbocycles. The molecule has 135 valence electrons. The van der Waals surface area contributed by atoms with E-state index in [1.165, 1.54) is 7.06 Å². The van der Waals surface area contributed by atoms with E-state index in [2.05, 4.69) is 4.98 Å². The molecule has 0 amide bonds. The summed E-state index contributed by atoms with van der Waals surface area (Å²) in [4.78, 5) is 4.54. The van der Waals surface area contributed by atoms with Crippen molar-refractivity contribution in [3.8, 4) is 11.3 Å². The van der Waals surface area contributed by atoms with Crippen molar-refractivity contribution < 1.29 is 0 Å². The van der Waals surface area contributed by atoms with Gasteiger partial charge < -0.3 is 0 Å². The van der Waals surface area contributed by atoms with Crippen LogP contribution >= 0.6 is 0 Å². The van der Waals surface area contributed by atoms with Crippen LogP contribution in [-0.4, -0.2) is 161 Å². The fourth-order valence-electron chi connectivity index (χ4n) is 5.30. The molecule has 36 heavy (non-hydrogen) atoms. The lowest BCUT2D eigenvalue weighted by Crippen LogP contribution is -2.84. The molecule has 1 nitrogen and oxygen atoms in total. The number of aryl methyl sites for hydroxylation is 2. The molecule has 0 fully saturated rings. The summed E-state index contributed by atoms with van der Waals surface area (Å²) in [7, 11) is 69.8. The molecule has 0 saturated heterocycles. The summed E-state index contributed by atoms with van der Waals surface area (Å²) in [6.07, 6.45) is -5.47. The van der Waals surface area contributed by atoms with E-state index in [0.29, 0.717) is 0 Å². The van der Waals surface area contributed by atoms with E-state index in [4.69, 9.17) is 85.1 Å². The summed E-state index contributed by atoms with van der Waals surface area (Å²) in [5.41, 5.74) is 4.51. The van der Waals surface area contributed by atoms with Crippen molar-refractivity contribution in [2.24, 2.45) is 0 Å². The first-order valence-corrected chi connectivity index (χ1v) is 12.0. The molecule has 0 bridgehead atoms. The second-order valence-electron chi connectivity index (χ2n) is 9.77. The lowest BCUT2D eigenvalue weighted by molar-refractivity contribution is 1.28. The van der Waals surface area contributed by atoms with Gasteiger partial charge in [0.1, 0.15) is 0 Å². The van der Waals surface area contributed by atoms with E-state index in [9.17, 15) is 0 Å². The van der Waals surface area contributed by atoms with E-state index in [0.717, 1.165) is 27.8 Å². The van der Waals surface area contributed by atoms with Crippen molar-refractivity contribution in [2.75, 3.05) is 0 Å². The SMILES string of the molecule is [B][B]B(B([B])[B])B(B(B([B])[B])B([B])[B])B(B(B([B])[B])B([B])[B])c1cc(C)cc(-c2cc(C)ccn2)c1. The Labute approximate surface area is 238 Å². The first-order chi connectivity index (χ1) is 16.8. The predicted octanol–water partition coefficient (Wildman–Crippen LogP) is -5.84. The van der Waals surface area contributed by atoms with E-state index in [-0.39, 0.29) is 0 Å². The van der Waals surface area contributed by atoms with E-state index >= 15 is 0 Å². The molecule has 23 radical (unpaired) electrons. The van der Waals surface area contributed by atoms with Crippen LogP contribution in [0.15, 0.2) is 36.5 Å². The zero-order valence-electron chi connectivity index (χ0n) is 21.1. The Kier molecular flexibility index (Phi) is 12.7. The predicted molar refractivity (Wildman–Crippen MR) is 185 cm³/mol. The summed E-state index contributed by atoms with van der Waals surface area (Å²) in [6.45, 7) is 3.40. The highest BCUT2D eigenvalue weighted by atomic mass is 14.7. The smallest absolute Gasteiger partial charge is 0.0804 e. The molecule has 1 aromatic heterocycles. The van der Waals surface area contributed by atoms with Crippen molar-refractivity contribution in [3.63, 3.8) is 0 Å². The van der Waals surface area contributed by atoms with Gasteiger partial charge in [-0.2, -0.15) is 0 Å². The van der Waals surface area contributed by atoms with Crippen molar-refractivity contribution >= 4 is 162 Å². The van der Waals surface area contributed by atoms with Crippen LogP contribution in [0.4, 0.5) is 0 Å². The Morgan fingerprint density at radius 3 is 1.64 bits per heavy atom. The van der Waals surface area contributed by atoms with Gasteiger partial charge in [-0.05, 0) is 43.2 Å². The van der Waals surface area contributed by atoms with E-state index < -0.39 is 64.0 Å². The molecule has 0 aliphatic heterocycles. The van der Waals surface area contributed by atoms with Gasteiger partial charge in [-0.3, -0.25) is 4.98 Å². The first kappa shape index (κ1) is 32.0. The molecule has 0 aliphatic rings. The second kappa shape index (κ2) is 14.3. The Morgan fingerprint density at radius 1 is 0.639 bits per heavy atom. The van der Waals surface area contributed by atoms with E-state index in [1.54, 1.807) is 6.20 Å². The molecule has 0 atom stereocenters. The molecule has 2 aromatic rings. The minimum atomic E-state index is -0.940. The number of nitrogens with zero attached hydrogens (tertiary/aromatic N) is 1. The van der Waals surface area contributed by atoms with Gasteiger partial charge in [-0.15, -0.1) is 0 Å².